The molecule has 0 saturated carbocycles. The molecule has 2 aliphatic rings. The number of amides is 2. The Morgan fingerprint density at radius 3 is 2.64 bits per heavy atom. The Hall–Kier alpha value is -2.83. The Balaban J connectivity index is 1.44. The highest BCUT2D eigenvalue weighted by atomic mass is 16.3. The molecule has 3 heterocycles. The molecule has 7 heteroatoms. The van der Waals surface area contributed by atoms with E-state index in [9.17, 15) is 14.7 Å². The third-order valence-electron chi connectivity index (χ3n) is 5.23. The molecule has 2 aliphatic heterocycles. The van der Waals surface area contributed by atoms with Crippen molar-refractivity contribution in [3.05, 3.63) is 48.0 Å². The number of benzene rings is 1. The first-order valence-electron chi connectivity index (χ1n) is 8.51. The average Bonchev–Trinajstić information content (AvgIpc) is 3.30. The highest BCUT2D eigenvalue weighted by Gasteiger charge is 2.41. The van der Waals surface area contributed by atoms with Crippen molar-refractivity contribution in [1.82, 2.24) is 19.8 Å². The highest BCUT2D eigenvalue weighted by molar-refractivity contribution is 5.95. The summed E-state index contributed by atoms with van der Waals surface area (Å²) in [6, 6.07) is 6.55. The molecule has 2 amide bonds. The fourth-order valence-corrected chi connectivity index (χ4v) is 3.93. The van der Waals surface area contributed by atoms with Crippen molar-refractivity contribution >= 4 is 11.8 Å². The van der Waals surface area contributed by atoms with E-state index in [0.29, 0.717) is 36.8 Å². The van der Waals surface area contributed by atoms with Crippen LogP contribution in [0.15, 0.2) is 36.8 Å². The lowest BCUT2D eigenvalue weighted by Gasteiger charge is -2.37. The third kappa shape index (κ3) is 2.86. The van der Waals surface area contributed by atoms with E-state index in [-0.39, 0.29) is 23.6 Å². The molecule has 7 nitrogen and oxygen atoms in total. The number of carbonyl (C=O) groups excluding carboxylic acids is 2. The number of rotatable bonds is 2. The molecular weight excluding hydrogens is 320 g/mol. The molecule has 25 heavy (non-hydrogen) atoms. The van der Waals surface area contributed by atoms with Gasteiger partial charge in [0.05, 0.1) is 12.5 Å². The summed E-state index contributed by atoms with van der Waals surface area (Å²) in [7, 11) is 0. The SMILES string of the molecule is O=C(c1cnc[nH]1)N1CC[C@@H]2[C@H](CCN2C(=O)c2ccc(O)cc2)C1. The second-order valence-electron chi connectivity index (χ2n) is 6.67. The van der Waals surface area contributed by atoms with Crippen LogP contribution in [0.4, 0.5) is 0 Å². The zero-order chi connectivity index (χ0) is 17.4. The van der Waals surface area contributed by atoms with Crippen LogP contribution in [-0.4, -0.2) is 62.4 Å². The number of hydrogen-bond donors (Lipinski definition) is 2. The van der Waals surface area contributed by atoms with Gasteiger partial charge in [0.1, 0.15) is 11.4 Å². The largest absolute Gasteiger partial charge is 0.508 e. The minimum absolute atomic E-state index is 0.000782. The summed E-state index contributed by atoms with van der Waals surface area (Å²) >= 11 is 0. The number of aromatic amines is 1. The fourth-order valence-electron chi connectivity index (χ4n) is 3.93. The number of H-pyrrole nitrogens is 1. The lowest BCUT2D eigenvalue weighted by molar-refractivity contribution is 0.0535. The predicted octanol–water partition coefficient (Wildman–Crippen LogP) is 1.49. The monoisotopic (exact) mass is 340 g/mol. The van der Waals surface area contributed by atoms with Gasteiger partial charge >= 0.3 is 0 Å². The van der Waals surface area contributed by atoms with Crippen LogP contribution < -0.4 is 0 Å². The molecule has 4 rings (SSSR count). The number of fused-ring (bicyclic) bond motifs is 1. The van der Waals surface area contributed by atoms with Crippen molar-refractivity contribution in [2.75, 3.05) is 19.6 Å². The molecule has 0 bridgehead atoms. The van der Waals surface area contributed by atoms with Gasteiger partial charge in [-0.1, -0.05) is 0 Å². The normalized spacial score (nSPS) is 22.7. The summed E-state index contributed by atoms with van der Waals surface area (Å²) in [6.07, 6.45) is 4.74. The van der Waals surface area contributed by atoms with Gasteiger partial charge in [0, 0.05) is 31.2 Å². The number of phenolic OH excluding ortho intramolecular Hbond substituents is 1. The first kappa shape index (κ1) is 15.7. The second-order valence-corrected chi connectivity index (χ2v) is 6.67. The van der Waals surface area contributed by atoms with Gasteiger partial charge in [0.15, 0.2) is 0 Å². The number of piperidine rings is 1. The predicted molar refractivity (Wildman–Crippen MR) is 90.1 cm³/mol. The Morgan fingerprint density at radius 2 is 1.92 bits per heavy atom. The molecule has 1 aromatic carbocycles. The molecule has 2 atom stereocenters. The van der Waals surface area contributed by atoms with Crippen molar-refractivity contribution in [2.45, 2.75) is 18.9 Å². The van der Waals surface area contributed by atoms with Crippen molar-refractivity contribution in [3.63, 3.8) is 0 Å². The quantitative estimate of drug-likeness (QED) is 0.867. The van der Waals surface area contributed by atoms with Crippen LogP contribution >= 0.6 is 0 Å². The lowest BCUT2D eigenvalue weighted by atomic mass is 9.92. The van der Waals surface area contributed by atoms with Gasteiger partial charge in [-0.05, 0) is 43.0 Å². The molecule has 0 radical (unpaired) electrons. The summed E-state index contributed by atoms with van der Waals surface area (Å²) in [5.74, 6) is 0.434. The van der Waals surface area contributed by atoms with E-state index in [1.807, 2.05) is 9.80 Å². The number of aromatic hydroxyl groups is 1. The number of phenols is 1. The number of hydrogen-bond acceptors (Lipinski definition) is 4. The van der Waals surface area contributed by atoms with Gasteiger partial charge in [-0.3, -0.25) is 9.59 Å². The lowest BCUT2D eigenvalue weighted by Crippen LogP contribution is -2.49. The molecule has 2 N–H and O–H groups in total. The maximum atomic E-state index is 12.8. The van der Waals surface area contributed by atoms with E-state index in [2.05, 4.69) is 9.97 Å². The standard InChI is InChI=1S/C18H20N4O3/c23-14-3-1-12(2-4-14)17(24)22-8-5-13-10-21(7-6-16(13)22)18(25)15-9-19-11-20-15/h1-4,9,11,13,16,23H,5-8,10H2,(H,19,20)/t13-,16-/m1/s1. The summed E-state index contributed by atoms with van der Waals surface area (Å²) < 4.78 is 0. The Morgan fingerprint density at radius 1 is 1.12 bits per heavy atom. The molecule has 0 unspecified atom stereocenters. The van der Waals surface area contributed by atoms with Gasteiger partial charge in [0.2, 0.25) is 0 Å². The van der Waals surface area contributed by atoms with E-state index in [4.69, 9.17) is 0 Å². The molecule has 0 spiro atoms. The highest BCUT2D eigenvalue weighted by Crippen LogP contribution is 2.33. The van der Waals surface area contributed by atoms with Crippen LogP contribution in [0.25, 0.3) is 0 Å². The van der Waals surface area contributed by atoms with E-state index >= 15 is 0 Å². The van der Waals surface area contributed by atoms with Crippen LogP contribution in [0, 0.1) is 5.92 Å². The van der Waals surface area contributed by atoms with Gasteiger partial charge in [-0.25, -0.2) is 4.98 Å². The van der Waals surface area contributed by atoms with Gasteiger partial charge in [-0.2, -0.15) is 0 Å². The van der Waals surface area contributed by atoms with Crippen LogP contribution in [0.5, 0.6) is 5.75 Å². The van der Waals surface area contributed by atoms with Crippen LogP contribution in [0.2, 0.25) is 0 Å². The van der Waals surface area contributed by atoms with Crippen molar-refractivity contribution in [2.24, 2.45) is 5.92 Å². The third-order valence-corrected chi connectivity index (χ3v) is 5.23. The summed E-state index contributed by atoms with van der Waals surface area (Å²) in [4.78, 5) is 35.8. The molecule has 2 saturated heterocycles. The zero-order valence-corrected chi connectivity index (χ0v) is 13.8. The first-order valence-corrected chi connectivity index (χ1v) is 8.51. The molecule has 2 aromatic rings. The van der Waals surface area contributed by atoms with E-state index in [0.717, 1.165) is 12.8 Å². The van der Waals surface area contributed by atoms with Gasteiger partial charge in [-0.15, -0.1) is 0 Å². The maximum Gasteiger partial charge on any atom is 0.271 e. The maximum absolute atomic E-state index is 12.8. The zero-order valence-electron chi connectivity index (χ0n) is 13.8. The number of nitrogens with zero attached hydrogens (tertiary/aromatic N) is 3. The van der Waals surface area contributed by atoms with Crippen molar-refractivity contribution < 1.29 is 14.7 Å². The number of carbonyl (C=O) groups is 2. The van der Waals surface area contributed by atoms with Crippen LogP contribution in [0.3, 0.4) is 0 Å². The van der Waals surface area contributed by atoms with Crippen molar-refractivity contribution in [1.29, 1.82) is 0 Å². The van der Waals surface area contributed by atoms with Crippen molar-refractivity contribution in [3.8, 4) is 5.75 Å². The number of likely N-dealkylation sites (tertiary alicyclic amines) is 2. The van der Waals surface area contributed by atoms with Gasteiger partial charge in [0.25, 0.3) is 11.8 Å². The molecule has 130 valence electrons. The van der Waals surface area contributed by atoms with Crippen LogP contribution in [0.1, 0.15) is 33.7 Å². The first-order chi connectivity index (χ1) is 12.1. The topological polar surface area (TPSA) is 89.5 Å². The molecule has 0 aliphatic carbocycles. The Bertz CT molecular complexity index is 772. The minimum Gasteiger partial charge on any atom is -0.508 e. The molecule has 2 fully saturated rings. The number of aromatic nitrogens is 2. The van der Waals surface area contributed by atoms with E-state index in [1.165, 1.54) is 18.5 Å². The number of imidazole rings is 1. The Labute approximate surface area is 145 Å². The summed E-state index contributed by atoms with van der Waals surface area (Å²) in [5, 5.41) is 9.38. The molecular formula is C18H20N4O3. The fraction of sp³-hybridized carbons (Fsp3) is 0.389. The smallest absolute Gasteiger partial charge is 0.271 e. The van der Waals surface area contributed by atoms with E-state index < -0.39 is 0 Å². The Kier molecular flexibility index (Phi) is 3.91. The van der Waals surface area contributed by atoms with Crippen LogP contribution in [-0.2, 0) is 0 Å². The summed E-state index contributed by atoms with van der Waals surface area (Å²) in [5.41, 5.74) is 1.10. The van der Waals surface area contributed by atoms with Gasteiger partial charge < -0.3 is 19.9 Å². The average molecular weight is 340 g/mol. The molecule has 1 aromatic heterocycles. The van der Waals surface area contributed by atoms with E-state index in [1.54, 1.807) is 18.3 Å². The summed E-state index contributed by atoms with van der Waals surface area (Å²) in [6.45, 7) is 2.02. The minimum atomic E-state index is -0.0285. The second kappa shape index (κ2) is 6.23. The number of nitrogens with one attached hydrogen (secondary N) is 1.